The van der Waals surface area contributed by atoms with Crippen LogP contribution in [0.4, 0.5) is 0 Å². The molecule has 4 nitrogen and oxygen atoms in total. The predicted molar refractivity (Wildman–Crippen MR) is 44.9 cm³/mol. The molecule has 1 rings (SSSR count). The first kappa shape index (κ1) is 8.90. The SMILES string of the molecule is CC(C)(C)C1=NCC(=O)C(=O)N1. The van der Waals surface area contributed by atoms with Crippen molar-refractivity contribution in [1.82, 2.24) is 5.32 Å². The Balaban J connectivity index is 2.84. The number of Topliss-reactive ketones (excluding diaryl/α,β-unsaturated/α-hetero) is 1. The van der Waals surface area contributed by atoms with Gasteiger partial charge < -0.3 is 5.32 Å². The fraction of sp³-hybridized carbons (Fsp3) is 0.625. The number of hydrogen-bond donors (Lipinski definition) is 1. The number of amides is 1. The van der Waals surface area contributed by atoms with Crippen LogP contribution in [-0.4, -0.2) is 24.1 Å². The lowest BCUT2D eigenvalue weighted by Crippen LogP contribution is -2.47. The zero-order chi connectivity index (χ0) is 9.35. The number of rotatable bonds is 0. The summed E-state index contributed by atoms with van der Waals surface area (Å²) in [7, 11) is 0. The summed E-state index contributed by atoms with van der Waals surface area (Å²) < 4.78 is 0. The van der Waals surface area contributed by atoms with E-state index in [1.165, 1.54) is 0 Å². The summed E-state index contributed by atoms with van der Waals surface area (Å²) in [6, 6.07) is 0. The minimum Gasteiger partial charge on any atom is -0.307 e. The second-order valence-electron chi connectivity index (χ2n) is 3.79. The van der Waals surface area contributed by atoms with Crippen LogP contribution in [0.3, 0.4) is 0 Å². The van der Waals surface area contributed by atoms with Gasteiger partial charge in [0.15, 0.2) is 0 Å². The molecule has 66 valence electrons. The van der Waals surface area contributed by atoms with Crippen molar-refractivity contribution >= 4 is 17.5 Å². The van der Waals surface area contributed by atoms with Gasteiger partial charge in [-0.05, 0) is 0 Å². The molecular weight excluding hydrogens is 156 g/mol. The Labute approximate surface area is 71.1 Å². The van der Waals surface area contributed by atoms with E-state index in [1.807, 2.05) is 20.8 Å². The largest absolute Gasteiger partial charge is 0.307 e. The number of nitrogens with zero attached hydrogens (tertiary/aromatic N) is 1. The second kappa shape index (κ2) is 2.69. The molecule has 0 saturated carbocycles. The number of carbonyl (C=O) groups excluding carboxylic acids is 2. The van der Waals surface area contributed by atoms with E-state index in [0.29, 0.717) is 5.84 Å². The standard InChI is InChI=1S/C8H12N2O2/c1-8(2,3)7-9-4-5(11)6(12)10-7/h4H2,1-3H3,(H,9,10,12). The molecule has 1 aliphatic rings. The molecule has 1 heterocycles. The quantitative estimate of drug-likeness (QED) is 0.523. The molecule has 0 atom stereocenters. The van der Waals surface area contributed by atoms with Crippen LogP contribution < -0.4 is 5.32 Å². The Morgan fingerprint density at radius 2 is 1.92 bits per heavy atom. The van der Waals surface area contributed by atoms with Gasteiger partial charge in [-0.15, -0.1) is 0 Å². The summed E-state index contributed by atoms with van der Waals surface area (Å²) >= 11 is 0. The van der Waals surface area contributed by atoms with Crippen molar-refractivity contribution in [2.75, 3.05) is 6.54 Å². The molecule has 0 aromatic rings. The molecule has 1 N–H and O–H groups in total. The van der Waals surface area contributed by atoms with Crippen LogP contribution in [0, 0.1) is 5.41 Å². The van der Waals surface area contributed by atoms with Gasteiger partial charge in [0, 0.05) is 5.41 Å². The zero-order valence-electron chi connectivity index (χ0n) is 7.47. The molecule has 0 radical (unpaired) electrons. The molecule has 0 saturated heterocycles. The highest BCUT2D eigenvalue weighted by atomic mass is 16.2. The van der Waals surface area contributed by atoms with Gasteiger partial charge in [-0.1, -0.05) is 20.8 Å². The molecule has 4 heteroatoms. The lowest BCUT2D eigenvalue weighted by atomic mass is 9.94. The second-order valence-corrected chi connectivity index (χ2v) is 3.79. The molecule has 0 bridgehead atoms. The molecule has 0 fully saturated rings. The Morgan fingerprint density at radius 1 is 1.33 bits per heavy atom. The molecule has 12 heavy (non-hydrogen) atoms. The van der Waals surface area contributed by atoms with E-state index < -0.39 is 11.7 Å². The van der Waals surface area contributed by atoms with Gasteiger partial charge in [0.25, 0.3) is 5.91 Å². The van der Waals surface area contributed by atoms with Gasteiger partial charge >= 0.3 is 0 Å². The van der Waals surface area contributed by atoms with Gasteiger partial charge in [-0.3, -0.25) is 14.6 Å². The smallest absolute Gasteiger partial charge is 0.294 e. The maximum absolute atomic E-state index is 10.9. The number of ketones is 1. The first-order chi connectivity index (χ1) is 5.41. The average Bonchev–Trinajstić information content (AvgIpc) is 1.92. The molecule has 0 aliphatic carbocycles. The van der Waals surface area contributed by atoms with E-state index in [-0.39, 0.29) is 12.0 Å². The molecule has 0 unspecified atom stereocenters. The minimum atomic E-state index is -0.546. The van der Waals surface area contributed by atoms with Crippen molar-refractivity contribution in [3.63, 3.8) is 0 Å². The highest BCUT2D eigenvalue weighted by Crippen LogP contribution is 2.15. The summed E-state index contributed by atoms with van der Waals surface area (Å²) in [4.78, 5) is 25.6. The van der Waals surface area contributed by atoms with Crippen LogP contribution in [0.5, 0.6) is 0 Å². The summed E-state index contributed by atoms with van der Waals surface area (Å²) in [6.45, 7) is 5.78. The van der Waals surface area contributed by atoms with Crippen molar-refractivity contribution in [2.45, 2.75) is 20.8 Å². The molecule has 0 aromatic carbocycles. The van der Waals surface area contributed by atoms with E-state index in [2.05, 4.69) is 10.3 Å². The van der Waals surface area contributed by atoms with E-state index in [1.54, 1.807) is 0 Å². The van der Waals surface area contributed by atoms with E-state index >= 15 is 0 Å². The third-order valence-corrected chi connectivity index (χ3v) is 1.58. The highest BCUT2D eigenvalue weighted by molar-refractivity contribution is 6.41. The molecular formula is C8H12N2O2. The van der Waals surface area contributed by atoms with Gasteiger partial charge in [-0.25, -0.2) is 0 Å². The summed E-state index contributed by atoms with van der Waals surface area (Å²) in [6.07, 6.45) is 0. The van der Waals surface area contributed by atoms with E-state index in [4.69, 9.17) is 0 Å². The predicted octanol–water partition coefficient (Wildman–Crippen LogP) is 0.130. The van der Waals surface area contributed by atoms with Crippen molar-refractivity contribution in [1.29, 1.82) is 0 Å². The van der Waals surface area contributed by atoms with Gasteiger partial charge in [0.1, 0.15) is 12.4 Å². The fourth-order valence-corrected chi connectivity index (χ4v) is 0.864. The minimum absolute atomic E-state index is 0.0154. The van der Waals surface area contributed by atoms with E-state index in [9.17, 15) is 9.59 Å². The number of hydrogen-bond acceptors (Lipinski definition) is 3. The van der Waals surface area contributed by atoms with Crippen LogP contribution in [0.25, 0.3) is 0 Å². The number of nitrogens with one attached hydrogen (secondary N) is 1. The normalized spacial score (nSPS) is 18.8. The highest BCUT2D eigenvalue weighted by Gasteiger charge is 2.27. The third-order valence-electron chi connectivity index (χ3n) is 1.58. The first-order valence-electron chi connectivity index (χ1n) is 3.80. The Morgan fingerprint density at radius 3 is 2.33 bits per heavy atom. The number of aliphatic imine (C=N–C) groups is 1. The van der Waals surface area contributed by atoms with Crippen molar-refractivity contribution < 1.29 is 9.59 Å². The Kier molecular flexibility index (Phi) is 2.00. The molecule has 1 amide bonds. The molecule has 0 spiro atoms. The van der Waals surface area contributed by atoms with Crippen LogP contribution in [0.15, 0.2) is 4.99 Å². The fourth-order valence-electron chi connectivity index (χ4n) is 0.864. The summed E-state index contributed by atoms with van der Waals surface area (Å²) in [5.74, 6) is -0.426. The van der Waals surface area contributed by atoms with Crippen molar-refractivity contribution in [3.8, 4) is 0 Å². The monoisotopic (exact) mass is 168 g/mol. The molecule has 0 aromatic heterocycles. The maximum atomic E-state index is 10.9. The Bertz CT molecular complexity index is 261. The van der Waals surface area contributed by atoms with Crippen LogP contribution in [-0.2, 0) is 9.59 Å². The lowest BCUT2D eigenvalue weighted by molar-refractivity contribution is -0.136. The zero-order valence-corrected chi connectivity index (χ0v) is 7.47. The topological polar surface area (TPSA) is 58.5 Å². The first-order valence-corrected chi connectivity index (χ1v) is 3.80. The molecule has 1 aliphatic heterocycles. The lowest BCUT2D eigenvalue weighted by Gasteiger charge is -2.23. The van der Waals surface area contributed by atoms with Crippen molar-refractivity contribution in [3.05, 3.63) is 0 Å². The van der Waals surface area contributed by atoms with Crippen LogP contribution in [0.1, 0.15) is 20.8 Å². The van der Waals surface area contributed by atoms with Crippen LogP contribution in [0.2, 0.25) is 0 Å². The maximum Gasteiger partial charge on any atom is 0.294 e. The van der Waals surface area contributed by atoms with Gasteiger partial charge in [0.2, 0.25) is 5.78 Å². The van der Waals surface area contributed by atoms with E-state index in [0.717, 1.165) is 0 Å². The van der Waals surface area contributed by atoms with Gasteiger partial charge in [-0.2, -0.15) is 0 Å². The van der Waals surface area contributed by atoms with Crippen molar-refractivity contribution in [2.24, 2.45) is 10.4 Å². The average molecular weight is 168 g/mol. The summed E-state index contributed by atoms with van der Waals surface area (Å²) in [5, 5.41) is 2.47. The third kappa shape index (κ3) is 1.69. The van der Waals surface area contributed by atoms with Gasteiger partial charge in [0.05, 0.1) is 0 Å². The number of carbonyl (C=O) groups is 2. The number of amidine groups is 1. The summed E-state index contributed by atoms with van der Waals surface area (Å²) in [5.41, 5.74) is -0.198. The van der Waals surface area contributed by atoms with Crippen LogP contribution >= 0.6 is 0 Å². The Hall–Kier alpha value is -1.19.